The Morgan fingerprint density at radius 3 is 2.59 bits per heavy atom. The Morgan fingerprint density at radius 2 is 1.88 bits per heavy atom. The molecule has 2 aliphatic rings. The van der Waals surface area contributed by atoms with Gasteiger partial charge >= 0.3 is 0 Å². The standard InChI is InChI=1S/C24H24Cl2N2O3S/c1-30-21-9-7-15(11-16(21)14-31-22-10-8-17(25)13-19(22)26)12-20-23(29)28(24(32)27-20)18-5-3-2-4-6-18/h7-13,18H,2-6,14H2,1H3,(H,27,32)/b20-12+. The molecule has 8 heteroatoms. The zero-order chi connectivity index (χ0) is 22.7. The third-order valence-electron chi connectivity index (χ3n) is 5.74. The van der Waals surface area contributed by atoms with Crippen molar-refractivity contribution in [1.29, 1.82) is 0 Å². The summed E-state index contributed by atoms with van der Waals surface area (Å²) in [6, 6.07) is 10.9. The Kier molecular flexibility index (Phi) is 7.23. The molecule has 2 aromatic rings. The first-order chi connectivity index (χ1) is 15.5. The molecule has 4 rings (SSSR count). The molecule has 32 heavy (non-hydrogen) atoms. The lowest BCUT2D eigenvalue weighted by atomic mass is 9.94. The smallest absolute Gasteiger partial charge is 0.276 e. The fourth-order valence-corrected chi connectivity index (χ4v) is 4.94. The number of hydrogen-bond donors (Lipinski definition) is 1. The number of methoxy groups -OCH3 is 1. The van der Waals surface area contributed by atoms with Crippen LogP contribution in [0.3, 0.4) is 0 Å². The number of ether oxygens (including phenoxy) is 2. The van der Waals surface area contributed by atoms with Crippen LogP contribution in [0.25, 0.3) is 6.08 Å². The van der Waals surface area contributed by atoms with Crippen LogP contribution >= 0.6 is 35.4 Å². The van der Waals surface area contributed by atoms with Crippen molar-refractivity contribution >= 4 is 52.5 Å². The lowest BCUT2D eigenvalue weighted by Crippen LogP contribution is -2.41. The van der Waals surface area contributed by atoms with Gasteiger partial charge in [0.1, 0.15) is 23.8 Å². The quantitative estimate of drug-likeness (QED) is 0.399. The maximum atomic E-state index is 13.0. The largest absolute Gasteiger partial charge is 0.496 e. The van der Waals surface area contributed by atoms with Crippen molar-refractivity contribution in [2.75, 3.05) is 7.11 Å². The van der Waals surface area contributed by atoms with Gasteiger partial charge in [0.05, 0.1) is 12.1 Å². The zero-order valence-corrected chi connectivity index (χ0v) is 20.0. The maximum absolute atomic E-state index is 13.0. The van der Waals surface area contributed by atoms with Gasteiger partial charge in [0.2, 0.25) is 0 Å². The molecule has 0 spiro atoms. The Morgan fingerprint density at radius 1 is 1.12 bits per heavy atom. The molecule has 1 heterocycles. The van der Waals surface area contributed by atoms with Crippen LogP contribution in [-0.2, 0) is 11.4 Å². The fourth-order valence-electron chi connectivity index (χ4n) is 4.14. The Hall–Kier alpha value is -2.28. The van der Waals surface area contributed by atoms with Gasteiger partial charge in [-0.1, -0.05) is 48.5 Å². The normalized spacial score (nSPS) is 18.2. The molecule has 168 valence electrons. The number of rotatable bonds is 6. The molecule has 0 radical (unpaired) electrons. The van der Waals surface area contributed by atoms with Crippen molar-refractivity contribution in [1.82, 2.24) is 10.2 Å². The number of hydrogen-bond acceptors (Lipinski definition) is 4. The SMILES string of the molecule is COc1ccc(/C=C2/NC(=S)N(C3CCCCC3)C2=O)cc1COc1ccc(Cl)cc1Cl. The van der Waals surface area contributed by atoms with Crippen LogP contribution in [0.4, 0.5) is 0 Å². The Balaban J connectivity index is 1.53. The summed E-state index contributed by atoms with van der Waals surface area (Å²) in [5, 5.41) is 4.56. The van der Waals surface area contributed by atoms with E-state index in [2.05, 4.69) is 5.32 Å². The number of thiocarbonyl (C=S) groups is 1. The lowest BCUT2D eigenvalue weighted by Gasteiger charge is -2.29. The van der Waals surface area contributed by atoms with Gasteiger partial charge in [-0.25, -0.2) is 0 Å². The zero-order valence-electron chi connectivity index (χ0n) is 17.7. The van der Waals surface area contributed by atoms with Crippen molar-refractivity contribution < 1.29 is 14.3 Å². The van der Waals surface area contributed by atoms with Crippen LogP contribution in [0.15, 0.2) is 42.1 Å². The van der Waals surface area contributed by atoms with E-state index in [0.717, 1.165) is 36.8 Å². The second-order valence-electron chi connectivity index (χ2n) is 7.89. The van der Waals surface area contributed by atoms with Gasteiger partial charge in [-0.15, -0.1) is 0 Å². The lowest BCUT2D eigenvalue weighted by molar-refractivity contribution is -0.124. The summed E-state index contributed by atoms with van der Waals surface area (Å²) in [5.74, 6) is 1.15. The predicted molar refractivity (Wildman–Crippen MR) is 131 cm³/mol. The van der Waals surface area contributed by atoms with E-state index in [-0.39, 0.29) is 18.6 Å². The van der Waals surface area contributed by atoms with E-state index in [4.69, 9.17) is 44.9 Å². The molecule has 0 atom stereocenters. The topological polar surface area (TPSA) is 50.8 Å². The van der Waals surface area contributed by atoms with Crippen molar-refractivity contribution in [3.05, 3.63) is 63.3 Å². The Bertz CT molecular complexity index is 1070. The number of amides is 1. The van der Waals surface area contributed by atoms with E-state index in [0.29, 0.717) is 32.4 Å². The first-order valence-corrected chi connectivity index (χ1v) is 11.7. The maximum Gasteiger partial charge on any atom is 0.276 e. The van der Waals surface area contributed by atoms with Gasteiger partial charge in [-0.05, 0) is 67.0 Å². The summed E-state index contributed by atoms with van der Waals surface area (Å²) in [6.45, 7) is 0.246. The number of halogens is 2. The van der Waals surface area contributed by atoms with Gasteiger partial charge in [0, 0.05) is 16.6 Å². The highest BCUT2D eigenvalue weighted by atomic mass is 35.5. The van der Waals surface area contributed by atoms with E-state index >= 15 is 0 Å². The van der Waals surface area contributed by atoms with E-state index in [1.165, 1.54) is 6.42 Å². The molecule has 1 N–H and O–H groups in total. The molecule has 1 saturated heterocycles. The van der Waals surface area contributed by atoms with Crippen LogP contribution < -0.4 is 14.8 Å². The molecular formula is C24H24Cl2N2O3S. The third kappa shape index (κ3) is 5.03. The van der Waals surface area contributed by atoms with Gasteiger partial charge in [-0.2, -0.15) is 0 Å². The van der Waals surface area contributed by atoms with Gasteiger partial charge in [-0.3, -0.25) is 9.69 Å². The minimum absolute atomic E-state index is 0.0662. The van der Waals surface area contributed by atoms with Crippen molar-refractivity contribution in [2.24, 2.45) is 0 Å². The number of carbonyl (C=O) groups excluding carboxylic acids is 1. The molecule has 1 amide bonds. The second-order valence-corrected chi connectivity index (χ2v) is 9.12. The molecule has 0 aromatic heterocycles. The first-order valence-electron chi connectivity index (χ1n) is 10.6. The summed E-state index contributed by atoms with van der Waals surface area (Å²) in [6.07, 6.45) is 7.30. The summed E-state index contributed by atoms with van der Waals surface area (Å²) >= 11 is 17.6. The molecule has 1 aliphatic heterocycles. The predicted octanol–water partition coefficient (Wildman–Crippen LogP) is 5.97. The second kappa shape index (κ2) is 10.1. The van der Waals surface area contributed by atoms with Crippen LogP contribution in [0.1, 0.15) is 43.2 Å². The Labute approximate surface area is 203 Å². The van der Waals surface area contributed by atoms with Crippen LogP contribution in [-0.4, -0.2) is 29.1 Å². The van der Waals surface area contributed by atoms with Crippen LogP contribution in [0.5, 0.6) is 11.5 Å². The molecule has 1 aliphatic carbocycles. The number of carbonyl (C=O) groups is 1. The molecule has 0 unspecified atom stereocenters. The van der Waals surface area contributed by atoms with Crippen molar-refractivity contribution in [3.8, 4) is 11.5 Å². The van der Waals surface area contributed by atoms with Gasteiger partial charge in [0.15, 0.2) is 5.11 Å². The summed E-state index contributed by atoms with van der Waals surface area (Å²) < 4.78 is 11.4. The highest BCUT2D eigenvalue weighted by molar-refractivity contribution is 7.80. The van der Waals surface area contributed by atoms with Crippen molar-refractivity contribution in [2.45, 2.75) is 44.8 Å². The number of nitrogens with one attached hydrogen (secondary N) is 1. The van der Waals surface area contributed by atoms with Gasteiger partial charge < -0.3 is 14.8 Å². The average molecular weight is 491 g/mol. The van der Waals surface area contributed by atoms with Crippen LogP contribution in [0, 0.1) is 0 Å². The van der Waals surface area contributed by atoms with E-state index in [1.807, 2.05) is 24.3 Å². The highest BCUT2D eigenvalue weighted by Crippen LogP contribution is 2.31. The van der Waals surface area contributed by atoms with E-state index in [9.17, 15) is 4.79 Å². The third-order valence-corrected chi connectivity index (χ3v) is 6.57. The average Bonchev–Trinajstić information content (AvgIpc) is 3.06. The molecule has 5 nitrogen and oxygen atoms in total. The highest BCUT2D eigenvalue weighted by Gasteiger charge is 2.36. The minimum Gasteiger partial charge on any atom is -0.496 e. The summed E-state index contributed by atoms with van der Waals surface area (Å²) in [5.41, 5.74) is 2.15. The van der Waals surface area contributed by atoms with Gasteiger partial charge in [0.25, 0.3) is 5.91 Å². The molecule has 2 aromatic carbocycles. The first kappa shape index (κ1) is 22.9. The van der Waals surface area contributed by atoms with Crippen LogP contribution in [0.2, 0.25) is 10.0 Å². The van der Waals surface area contributed by atoms with E-state index in [1.54, 1.807) is 30.2 Å². The number of benzene rings is 2. The molecule has 1 saturated carbocycles. The molecule has 2 fully saturated rings. The fraction of sp³-hybridized carbons (Fsp3) is 0.333. The minimum atomic E-state index is -0.0662. The van der Waals surface area contributed by atoms with E-state index < -0.39 is 0 Å². The molecular weight excluding hydrogens is 467 g/mol. The summed E-state index contributed by atoms with van der Waals surface area (Å²) in [7, 11) is 1.61. The summed E-state index contributed by atoms with van der Waals surface area (Å²) in [4.78, 5) is 14.8. The monoisotopic (exact) mass is 490 g/mol. The molecule has 0 bridgehead atoms. The van der Waals surface area contributed by atoms with Crippen molar-refractivity contribution in [3.63, 3.8) is 0 Å². The number of nitrogens with zero attached hydrogens (tertiary/aromatic N) is 1.